The third-order valence-corrected chi connectivity index (χ3v) is 5.40. The number of hydrogen-bond donors (Lipinski definition) is 1. The molecule has 0 saturated heterocycles. The first kappa shape index (κ1) is 16.6. The lowest BCUT2D eigenvalue weighted by molar-refractivity contribution is -0.129. The van der Waals surface area contributed by atoms with Crippen molar-refractivity contribution in [2.45, 2.75) is 18.3 Å². The Morgan fingerprint density at radius 2 is 2.17 bits per heavy atom. The molecule has 1 atom stereocenters. The van der Waals surface area contributed by atoms with Crippen LogP contribution in [0.4, 0.5) is 5.69 Å². The van der Waals surface area contributed by atoms with Crippen molar-refractivity contribution in [3.8, 4) is 0 Å². The lowest BCUT2D eigenvalue weighted by Gasteiger charge is -2.23. The number of alkyl halides is 1. The van der Waals surface area contributed by atoms with Gasteiger partial charge in [0.25, 0.3) is 0 Å². The molecule has 120 valence electrons. The molecule has 23 heavy (non-hydrogen) atoms. The zero-order valence-electron chi connectivity index (χ0n) is 11.7. The van der Waals surface area contributed by atoms with Gasteiger partial charge in [-0.1, -0.05) is 23.2 Å². The molecule has 8 heteroatoms. The number of hydrogen-bond acceptors (Lipinski definition) is 4. The molecule has 1 N–H and O–H groups in total. The Balaban J connectivity index is 2.02. The molecule has 0 aliphatic carbocycles. The number of anilines is 1. The number of hydrazone groups is 1. The fourth-order valence-electron chi connectivity index (χ4n) is 2.39. The molecule has 2 aromatic rings. The highest BCUT2D eigenvalue weighted by molar-refractivity contribution is 7.10. The summed E-state index contributed by atoms with van der Waals surface area (Å²) < 4.78 is 0. The monoisotopic (exact) mass is 388 g/mol. The zero-order valence-corrected chi connectivity index (χ0v) is 14.8. The quantitative estimate of drug-likeness (QED) is 0.732. The molecule has 3 rings (SSSR count). The molecule has 0 radical (unpaired) electrons. The minimum Gasteiger partial charge on any atom is -0.477 e. The van der Waals surface area contributed by atoms with Gasteiger partial charge in [-0.05, 0) is 35.2 Å². The van der Waals surface area contributed by atoms with Gasteiger partial charge in [-0.25, -0.2) is 4.79 Å². The number of nitrogens with zero attached hydrogens (tertiary/aromatic N) is 2. The SMILES string of the molecule is O=C(O)C1=NN(c2ccc(Cl)cc2Cl)C(c2cc(CCl)cs2)C1. The lowest BCUT2D eigenvalue weighted by Crippen LogP contribution is -2.18. The van der Waals surface area contributed by atoms with Crippen LogP contribution in [0.15, 0.2) is 34.7 Å². The van der Waals surface area contributed by atoms with Crippen LogP contribution < -0.4 is 5.01 Å². The second-order valence-electron chi connectivity index (χ2n) is 5.00. The van der Waals surface area contributed by atoms with Crippen molar-refractivity contribution in [3.63, 3.8) is 0 Å². The summed E-state index contributed by atoms with van der Waals surface area (Å²) in [6.07, 6.45) is 0.302. The van der Waals surface area contributed by atoms with Crippen LogP contribution in [0, 0.1) is 0 Å². The van der Waals surface area contributed by atoms with E-state index in [4.69, 9.17) is 34.8 Å². The van der Waals surface area contributed by atoms with E-state index in [0.29, 0.717) is 28.0 Å². The smallest absolute Gasteiger partial charge is 0.352 e. The predicted molar refractivity (Wildman–Crippen MR) is 95.2 cm³/mol. The van der Waals surface area contributed by atoms with Crippen LogP contribution in [0.3, 0.4) is 0 Å². The number of benzene rings is 1. The number of carboxylic acids is 1. The van der Waals surface area contributed by atoms with E-state index in [2.05, 4.69) is 5.10 Å². The van der Waals surface area contributed by atoms with E-state index in [9.17, 15) is 9.90 Å². The molecule has 2 heterocycles. The van der Waals surface area contributed by atoms with Gasteiger partial charge in [0.05, 0.1) is 16.8 Å². The Hall–Kier alpha value is -1.27. The Morgan fingerprint density at radius 1 is 1.39 bits per heavy atom. The first-order valence-electron chi connectivity index (χ1n) is 6.68. The van der Waals surface area contributed by atoms with Gasteiger partial charge < -0.3 is 5.11 Å². The number of aliphatic carboxylic acids is 1. The van der Waals surface area contributed by atoms with Gasteiger partial charge >= 0.3 is 5.97 Å². The third kappa shape index (κ3) is 3.33. The Morgan fingerprint density at radius 3 is 2.78 bits per heavy atom. The number of carboxylic acid groups (broad SMARTS) is 1. The van der Waals surface area contributed by atoms with Crippen LogP contribution in [0.25, 0.3) is 0 Å². The van der Waals surface area contributed by atoms with E-state index in [1.54, 1.807) is 23.2 Å². The molecular formula is C15H11Cl3N2O2S. The second-order valence-corrected chi connectivity index (χ2v) is 7.06. The fraction of sp³-hybridized carbons (Fsp3) is 0.200. The van der Waals surface area contributed by atoms with E-state index in [1.807, 2.05) is 11.4 Å². The summed E-state index contributed by atoms with van der Waals surface area (Å²) in [5.41, 5.74) is 1.72. The first-order chi connectivity index (χ1) is 11.0. The molecule has 1 aliphatic heterocycles. The minimum atomic E-state index is -1.03. The van der Waals surface area contributed by atoms with Crippen molar-refractivity contribution >= 4 is 63.5 Å². The summed E-state index contributed by atoms with van der Waals surface area (Å²) in [6, 6.07) is 6.80. The Kier molecular flexibility index (Phi) is 4.82. The second kappa shape index (κ2) is 6.69. The third-order valence-electron chi connectivity index (χ3n) is 3.47. The minimum absolute atomic E-state index is 0.0989. The summed E-state index contributed by atoms with van der Waals surface area (Å²) >= 11 is 19.6. The van der Waals surface area contributed by atoms with E-state index < -0.39 is 5.97 Å². The molecule has 4 nitrogen and oxygen atoms in total. The van der Waals surface area contributed by atoms with Crippen LogP contribution in [-0.4, -0.2) is 16.8 Å². The van der Waals surface area contributed by atoms with Crippen molar-refractivity contribution < 1.29 is 9.90 Å². The van der Waals surface area contributed by atoms with Crippen LogP contribution in [0.2, 0.25) is 10.0 Å². The molecule has 1 aromatic carbocycles. The van der Waals surface area contributed by atoms with Gasteiger partial charge in [-0.3, -0.25) is 5.01 Å². The molecule has 1 aliphatic rings. The average molecular weight is 390 g/mol. The first-order valence-corrected chi connectivity index (χ1v) is 8.85. The number of halogens is 3. The maximum absolute atomic E-state index is 11.3. The van der Waals surface area contributed by atoms with Gasteiger partial charge in [0, 0.05) is 22.2 Å². The van der Waals surface area contributed by atoms with Crippen LogP contribution >= 0.6 is 46.1 Å². The lowest BCUT2D eigenvalue weighted by atomic mass is 10.1. The van der Waals surface area contributed by atoms with Crippen molar-refractivity contribution in [1.82, 2.24) is 0 Å². The van der Waals surface area contributed by atoms with Gasteiger partial charge in [0.1, 0.15) is 5.71 Å². The van der Waals surface area contributed by atoms with E-state index >= 15 is 0 Å². The summed E-state index contributed by atoms with van der Waals surface area (Å²) in [7, 11) is 0. The maximum atomic E-state index is 11.3. The van der Waals surface area contributed by atoms with Gasteiger partial charge in [-0.15, -0.1) is 22.9 Å². The normalized spacial score (nSPS) is 17.4. The highest BCUT2D eigenvalue weighted by atomic mass is 35.5. The summed E-state index contributed by atoms with van der Waals surface area (Å²) in [6.45, 7) is 0. The van der Waals surface area contributed by atoms with Crippen molar-refractivity contribution in [2.24, 2.45) is 5.10 Å². The van der Waals surface area contributed by atoms with Crippen molar-refractivity contribution in [2.75, 3.05) is 5.01 Å². The van der Waals surface area contributed by atoms with Crippen molar-refractivity contribution in [1.29, 1.82) is 0 Å². The zero-order chi connectivity index (χ0) is 16.6. The number of rotatable bonds is 4. The molecule has 0 fully saturated rings. The number of thiophene rings is 1. The molecule has 0 saturated carbocycles. The maximum Gasteiger partial charge on any atom is 0.352 e. The molecule has 0 bridgehead atoms. The van der Waals surface area contributed by atoms with Crippen LogP contribution in [0.5, 0.6) is 0 Å². The summed E-state index contributed by atoms with van der Waals surface area (Å²) in [4.78, 5) is 12.3. The highest BCUT2D eigenvalue weighted by Gasteiger charge is 2.34. The molecule has 0 amide bonds. The molecule has 1 unspecified atom stereocenters. The summed E-state index contributed by atoms with van der Waals surface area (Å²) in [5.74, 6) is -0.617. The van der Waals surface area contributed by atoms with E-state index in [1.165, 1.54) is 11.3 Å². The van der Waals surface area contributed by atoms with Gasteiger partial charge in [-0.2, -0.15) is 5.10 Å². The highest BCUT2D eigenvalue weighted by Crippen LogP contribution is 2.41. The van der Waals surface area contributed by atoms with Crippen LogP contribution in [-0.2, 0) is 10.7 Å². The molecular weight excluding hydrogens is 379 g/mol. The molecule has 0 spiro atoms. The topological polar surface area (TPSA) is 52.9 Å². The van der Waals surface area contributed by atoms with E-state index in [0.717, 1.165) is 10.4 Å². The van der Waals surface area contributed by atoms with Crippen molar-refractivity contribution in [3.05, 3.63) is 50.1 Å². The Bertz CT molecular complexity index is 791. The fourth-order valence-corrected chi connectivity index (χ4v) is 4.13. The molecule has 1 aromatic heterocycles. The van der Waals surface area contributed by atoms with Gasteiger partial charge in [0.15, 0.2) is 0 Å². The standard InChI is InChI=1S/C15H11Cl3N2O2S/c16-6-8-3-14(23-7-8)13-5-11(15(21)22)19-20(13)12-2-1-9(17)4-10(12)18/h1-4,7,13H,5-6H2,(H,21,22). The van der Waals surface area contributed by atoms with E-state index in [-0.39, 0.29) is 11.8 Å². The predicted octanol–water partition coefficient (Wildman–Crippen LogP) is 5.19. The summed E-state index contributed by atoms with van der Waals surface area (Å²) in [5, 5.41) is 18.1. The van der Waals surface area contributed by atoms with Gasteiger partial charge in [0.2, 0.25) is 0 Å². The largest absolute Gasteiger partial charge is 0.477 e. The average Bonchev–Trinajstić information content (AvgIpc) is 3.13. The number of carbonyl (C=O) groups is 1. The van der Waals surface area contributed by atoms with Crippen LogP contribution in [0.1, 0.15) is 22.9 Å². The Labute approximate surface area is 151 Å².